The topological polar surface area (TPSA) is 247 Å². The number of aryl methyl sites for hydroxylation is 2. The van der Waals surface area contributed by atoms with Crippen LogP contribution in [0.25, 0.3) is 5.69 Å². The van der Waals surface area contributed by atoms with Crippen LogP contribution < -0.4 is 26.0 Å². The molecule has 4 aromatic rings. The highest BCUT2D eigenvalue weighted by molar-refractivity contribution is 7.57. The number of halogens is 8. The van der Waals surface area contributed by atoms with Gasteiger partial charge >= 0.3 is 17.8 Å². The van der Waals surface area contributed by atoms with Crippen molar-refractivity contribution in [3.8, 4) is 11.4 Å². The van der Waals surface area contributed by atoms with Crippen molar-refractivity contribution in [2.24, 2.45) is 5.73 Å². The summed E-state index contributed by atoms with van der Waals surface area (Å²) in [5, 5.41) is 21.8. The molecule has 3 atom stereocenters. The first kappa shape index (κ1) is 57.8. The first-order chi connectivity index (χ1) is 30.7. The van der Waals surface area contributed by atoms with Crippen LogP contribution in [-0.4, -0.2) is 98.6 Å². The van der Waals surface area contributed by atoms with Gasteiger partial charge in [0.05, 0.1) is 37.9 Å². The molecule has 26 heteroatoms. The van der Waals surface area contributed by atoms with E-state index in [-0.39, 0.29) is 58.8 Å². The van der Waals surface area contributed by atoms with Crippen LogP contribution in [0.4, 0.5) is 36.1 Å². The van der Waals surface area contributed by atoms with Gasteiger partial charge in [0.2, 0.25) is 11.7 Å². The number of carboxylic acid groups (broad SMARTS) is 1. The minimum atomic E-state index is -4.63. The Morgan fingerprint density at radius 2 is 1.65 bits per heavy atom. The Morgan fingerprint density at radius 3 is 2.09 bits per heavy atom. The number of anilines is 3. The number of nitrogens with zero attached hydrogens (tertiary/aromatic N) is 5. The van der Waals surface area contributed by atoms with Crippen molar-refractivity contribution in [1.29, 1.82) is 0 Å². The molecule has 6 N–H and O–H groups in total. The number of benzene rings is 3. The number of methoxy groups -OCH3 is 1. The third-order valence-electron chi connectivity index (χ3n) is 9.09. The fraction of sp³-hybridized carbons (Fsp3) is 0.400. The van der Waals surface area contributed by atoms with Gasteiger partial charge in [0.25, 0.3) is 5.91 Å². The molecule has 0 saturated heterocycles. The van der Waals surface area contributed by atoms with Gasteiger partial charge in [-0.05, 0) is 61.6 Å². The van der Waals surface area contributed by atoms with E-state index in [9.17, 15) is 42.2 Å². The van der Waals surface area contributed by atoms with Crippen molar-refractivity contribution in [1.82, 2.24) is 9.78 Å². The maximum Gasteiger partial charge on any atom is 0.416 e. The lowest BCUT2D eigenvalue weighted by atomic mass is 10.0. The molecule has 0 radical (unpaired) electrons. The van der Waals surface area contributed by atoms with Gasteiger partial charge in [0.15, 0.2) is 12.2 Å². The van der Waals surface area contributed by atoms with Crippen molar-refractivity contribution < 1.29 is 56.5 Å². The standard InChI is InChI=1S/C14H20ClNO2.C11H11Cl2NO2.C10H5Cl2F3N4O2.C5H12NO4P/c1-4-11-7-6-8-12(5-2)14(11)16(10-18-3)13(17)9-15;1-7-6-16-9-5-3-2-4-8(9)14(7)11(15)10(12)13;11-5-1-4(10(13,14)15)2-6(12)8(5)18-9(16)7(3-17-18)19(20)21;1-11(9,10)3-2-4(6)5(7)8/h6-8H,4-5,9-10H2,1-3H3;2-5,7,10H,6H2,1H3;1-3H,16H2;4H,2-3,6H2,1H3,(H,7,8)(H,9,10). The molecular formula is C40H48Cl5F3N7O10P. The Morgan fingerprint density at radius 1 is 1.09 bits per heavy atom. The molecule has 3 unspecified atom stereocenters. The van der Waals surface area contributed by atoms with Crippen LogP contribution in [0.15, 0.2) is 60.8 Å². The summed E-state index contributed by atoms with van der Waals surface area (Å²) in [7, 11) is -1.52. The first-order valence-corrected chi connectivity index (χ1v) is 23.8. The molecule has 66 heavy (non-hydrogen) atoms. The summed E-state index contributed by atoms with van der Waals surface area (Å²) in [6.45, 7) is 7.91. The lowest BCUT2D eigenvalue weighted by Crippen LogP contribution is -2.47. The molecule has 0 aliphatic carbocycles. The fourth-order valence-corrected chi connectivity index (χ4v) is 7.63. The van der Waals surface area contributed by atoms with Crippen molar-refractivity contribution in [2.45, 2.75) is 63.1 Å². The molecule has 1 aliphatic heterocycles. The number of aliphatic carboxylic acids is 1. The molecule has 1 aliphatic rings. The van der Waals surface area contributed by atoms with Gasteiger partial charge in [0, 0.05) is 19.9 Å². The minimum absolute atomic E-state index is 0.0371. The van der Waals surface area contributed by atoms with Crippen molar-refractivity contribution in [3.63, 3.8) is 0 Å². The fourth-order valence-electron chi connectivity index (χ4n) is 5.87. The predicted octanol–water partition coefficient (Wildman–Crippen LogP) is 8.97. The number of amides is 2. The highest BCUT2D eigenvalue weighted by Crippen LogP contribution is 2.40. The normalized spacial score (nSPS) is 14.4. The zero-order valence-corrected chi connectivity index (χ0v) is 40.7. The second-order valence-corrected chi connectivity index (χ2v) is 18.7. The third-order valence-corrected chi connectivity index (χ3v) is 11.4. The van der Waals surface area contributed by atoms with Gasteiger partial charge < -0.3 is 35.8 Å². The molecule has 2 amide bonds. The summed E-state index contributed by atoms with van der Waals surface area (Å²) in [5.41, 5.74) is 12.8. The van der Waals surface area contributed by atoms with E-state index in [0.29, 0.717) is 24.5 Å². The van der Waals surface area contributed by atoms with E-state index in [1.807, 2.05) is 49.4 Å². The van der Waals surface area contributed by atoms with E-state index in [1.165, 1.54) is 6.66 Å². The molecule has 0 bridgehead atoms. The maximum atomic E-state index is 12.6. The molecule has 1 aromatic heterocycles. The lowest BCUT2D eigenvalue weighted by molar-refractivity contribution is -0.383. The van der Waals surface area contributed by atoms with Crippen LogP contribution in [0.1, 0.15) is 43.9 Å². The number of hydrogen-bond acceptors (Lipinski definition) is 11. The molecule has 364 valence electrons. The third kappa shape index (κ3) is 16.4. The zero-order valence-electron chi connectivity index (χ0n) is 36.0. The molecule has 5 rings (SSSR count). The number of nitrogen functional groups attached to an aromatic ring is 1. The molecular weight excluding hydrogens is 1000 g/mol. The predicted molar refractivity (Wildman–Crippen MR) is 250 cm³/mol. The SMILES string of the molecule is CC1COc2ccccc2N1C(=O)C(Cl)Cl.CCc1cccc(CC)c1N(COC)C(=O)CCl.CP(=O)(O)CCC(N)C(=O)O.Nc1c([N+](=O)[O-])cnn1-c1c(Cl)cc(C(F)(F)F)cc1Cl. The summed E-state index contributed by atoms with van der Waals surface area (Å²) in [5.74, 6) is -1.34. The summed E-state index contributed by atoms with van der Waals surface area (Å²) >= 11 is 28.5. The minimum Gasteiger partial charge on any atom is -0.489 e. The van der Waals surface area contributed by atoms with E-state index in [1.54, 1.807) is 16.9 Å². The average Bonchev–Trinajstić information content (AvgIpc) is 3.64. The largest absolute Gasteiger partial charge is 0.489 e. The van der Waals surface area contributed by atoms with Crippen molar-refractivity contribution in [2.75, 3.05) is 54.7 Å². The quantitative estimate of drug-likeness (QED) is 0.0321. The van der Waals surface area contributed by atoms with Gasteiger partial charge in [-0.25, -0.2) is 4.68 Å². The van der Waals surface area contributed by atoms with Crippen LogP contribution in [0.2, 0.25) is 10.0 Å². The van der Waals surface area contributed by atoms with Gasteiger partial charge in [-0.3, -0.25) is 34.0 Å². The van der Waals surface area contributed by atoms with E-state index in [0.717, 1.165) is 46.2 Å². The van der Waals surface area contributed by atoms with Gasteiger partial charge in [0.1, 0.15) is 42.9 Å². The average molecular weight is 1050 g/mol. The second-order valence-electron chi connectivity index (χ2n) is 14.0. The van der Waals surface area contributed by atoms with Crippen LogP contribution in [0, 0.1) is 10.1 Å². The summed E-state index contributed by atoms with van der Waals surface area (Å²) in [6.07, 6.45) is -2.04. The Labute approximate surface area is 403 Å². The number of rotatable bonds is 13. The van der Waals surface area contributed by atoms with Gasteiger partial charge in [-0.1, -0.05) is 90.6 Å². The Hall–Kier alpha value is -4.37. The number of fused-ring (bicyclic) bond motifs is 1. The maximum absolute atomic E-state index is 12.6. The summed E-state index contributed by atoms with van der Waals surface area (Å²) in [4.78, 5) is 54.8. The first-order valence-electron chi connectivity index (χ1n) is 19.4. The summed E-state index contributed by atoms with van der Waals surface area (Å²) in [6, 6.07) is 13.6. The molecule has 0 fully saturated rings. The zero-order chi connectivity index (χ0) is 50.3. The van der Waals surface area contributed by atoms with E-state index >= 15 is 0 Å². The smallest absolute Gasteiger partial charge is 0.416 e. The second kappa shape index (κ2) is 26.2. The van der Waals surface area contributed by atoms with E-state index < -0.39 is 52.4 Å². The number of carbonyl (C=O) groups excluding carboxylic acids is 2. The number of para-hydroxylation sites is 3. The number of carbonyl (C=O) groups is 3. The van der Waals surface area contributed by atoms with Gasteiger partial charge in [-0.2, -0.15) is 18.3 Å². The number of nitro groups is 1. The highest BCUT2D eigenvalue weighted by atomic mass is 35.5. The number of hydrogen-bond donors (Lipinski definition) is 4. The lowest BCUT2D eigenvalue weighted by Gasteiger charge is -2.35. The highest BCUT2D eigenvalue weighted by Gasteiger charge is 2.34. The van der Waals surface area contributed by atoms with Crippen LogP contribution in [0.3, 0.4) is 0 Å². The summed E-state index contributed by atoms with van der Waals surface area (Å²) < 4.78 is 60.0. The Kier molecular flexibility index (Phi) is 23.0. The van der Waals surface area contributed by atoms with Crippen LogP contribution >= 0.6 is 65.4 Å². The van der Waals surface area contributed by atoms with Crippen molar-refractivity contribution >= 4 is 106 Å². The van der Waals surface area contributed by atoms with Crippen LogP contribution in [-0.2, 0) is 42.7 Å². The van der Waals surface area contributed by atoms with Gasteiger partial charge in [-0.15, -0.1) is 11.6 Å². The molecule has 17 nitrogen and oxygen atoms in total. The number of carboxylic acids is 1. The van der Waals surface area contributed by atoms with Crippen molar-refractivity contribution in [3.05, 3.63) is 97.6 Å². The molecule has 3 aromatic carbocycles. The van der Waals surface area contributed by atoms with Crippen LogP contribution in [0.5, 0.6) is 5.75 Å². The molecule has 0 saturated carbocycles. The van der Waals surface area contributed by atoms with E-state index in [4.69, 9.17) is 88.9 Å². The Bertz CT molecular complexity index is 2310. The number of aromatic nitrogens is 2. The number of nitrogens with two attached hydrogens (primary N) is 2. The number of ether oxygens (including phenoxy) is 2. The Balaban J connectivity index is 0.000000309. The number of alkyl halides is 6. The van der Waals surface area contributed by atoms with E-state index in [2.05, 4.69) is 18.9 Å². The monoisotopic (exact) mass is 1050 g/mol. The molecule has 2 heterocycles. The molecule has 0 spiro atoms.